The maximum Gasteiger partial charge on any atom is 0.164 e. The SMILES string of the molecule is C1=CC2c3ccccc3SC2C(c2nc(-c3ccccc3)nc(-c3cccc(-c4cc(-c5ccccc5)cc5oc6ccccc6c45)c3)n2)=C1. The maximum atomic E-state index is 6.45. The van der Waals surface area contributed by atoms with Gasteiger partial charge in [0.05, 0.1) is 0 Å². The van der Waals surface area contributed by atoms with Gasteiger partial charge in [0.15, 0.2) is 17.5 Å². The van der Waals surface area contributed by atoms with E-state index in [1.165, 1.54) is 10.5 Å². The molecule has 0 spiro atoms. The monoisotopic (exact) mass is 659 g/mol. The van der Waals surface area contributed by atoms with Gasteiger partial charge in [-0.15, -0.1) is 11.8 Å². The first-order valence-electron chi connectivity index (χ1n) is 16.8. The van der Waals surface area contributed by atoms with Crippen LogP contribution in [0.15, 0.2) is 173 Å². The van der Waals surface area contributed by atoms with E-state index in [1.807, 2.05) is 48.2 Å². The number of para-hydroxylation sites is 1. The van der Waals surface area contributed by atoms with Gasteiger partial charge in [0.2, 0.25) is 0 Å². The number of furan rings is 1. The molecule has 0 bridgehead atoms. The molecule has 0 saturated heterocycles. The standard InChI is InChI=1S/C45H29N3OS/c1-3-13-28(14-4-1)32-26-37(41-35-20-7-9-23-38(35)49-39(41)27-32)30-17-11-18-31(25-30)44-46-43(29-15-5-2-6-16-29)47-45(48-44)36-22-12-21-34-33-19-8-10-24-40(33)50-42(34)36/h1-27,34,42H. The lowest BCUT2D eigenvalue weighted by Gasteiger charge is -2.22. The van der Waals surface area contributed by atoms with E-state index in [4.69, 9.17) is 19.4 Å². The van der Waals surface area contributed by atoms with Crippen molar-refractivity contribution in [3.05, 3.63) is 175 Å². The number of benzene rings is 6. The van der Waals surface area contributed by atoms with Gasteiger partial charge in [0.25, 0.3) is 0 Å². The minimum atomic E-state index is 0.200. The minimum absolute atomic E-state index is 0.200. The van der Waals surface area contributed by atoms with Crippen LogP contribution in [0.2, 0.25) is 0 Å². The molecule has 3 heterocycles. The molecule has 0 saturated carbocycles. The molecular weight excluding hydrogens is 631 g/mol. The molecule has 0 N–H and O–H groups in total. The number of allylic oxidation sites excluding steroid dienone is 3. The number of aromatic nitrogens is 3. The topological polar surface area (TPSA) is 51.8 Å². The lowest BCUT2D eigenvalue weighted by molar-refractivity contribution is 0.669. The van der Waals surface area contributed by atoms with Crippen LogP contribution in [0, 0.1) is 0 Å². The molecule has 1 aliphatic heterocycles. The Balaban J connectivity index is 1.14. The van der Waals surface area contributed by atoms with Crippen molar-refractivity contribution in [3.8, 4) is 45.0 Å². The number of nitrogens with zero attached hydrogens (tertiary/aromatic N) is 3. The summed E-state index contributed by atoms with van der Waals surface area (Å²) in [5, 5.41) is 2.39. The summed E-state index contributed by atoms with van der Waals surface area (Å²) in [4.78, 5) is 16.8. The fraction of sp³-hybridized carbons (Fsp3) is 0.0444. The van der Waals surface area contributed by atoms with Crippen LogP contribution in [0.25, 0.3) is 72.5 Å². The number of fused-ring (bicyclic) bond motifs is 6. The molecule has 1 aliphatic carbocycles. The van der Waals surface area contributed by atoms with E-state index in [0.717, 1.165) is 60.9 Å². The van der Waals surface area contributed by atoms with E-state index in [9.17, 15) is 0 Å². The van der Waals surface area contributed by atoms with Crippen LogP contribution in [0.3, 0.4) is 0 Å². The van der Waals surface area contributed by atoms with E-state index in [-0.39, 0.29) is 11.2 Å². The van der Waals surface area contributed by atoms with Gasteiger partial charge in [0.1, 0.15) is 11.2 Å². The summed E-state index contributed by atoms with van der Waals surface area (Å²) in [5.74, 6) is 2.31. The summed E-state index contributed by atoms with van der Waals surface area (Å²) in [6.45, 7) is 0. The maximum absolute atomic E-state index is 6.45. The quantitative estimate of drug-likeness (QED) is 0.184. The summed E-state index contributed by atoms with van der Waals surface area (Å²) in [6, 6.07) is 50.7. The van der Waals surface area contributed by atoms with Crippen molar-refractivity contribution < 1.29 is 4.42 Å². The van der Waals surface area contributed by atoms with Crippen LogP contribution in [-0.2, 0) is 0 Å². The van der Waals surface area contributed by atoms with Gasteiger partial charge in [-0.1, -0.05) is 133 Å². The number of hydrogen-bond donors (Lipinski definition) is 0. The van der Waals surface area contributed by atoms with Crippen LogP contribution in [-0.4, -0.2) is 20.2 Å². The van der Waals surface area contributed by atoms with E-state index in [2.05, 4.69) is 127 Å². The summed E-state index contributed by atoms with van der Waals surface area (Å²) in [5.41, 5.74) is 10.5. The molecule has 5 heteroatoms. The predicted molar refractivity (Wildman–Crippen MR) is 205 cm³/mol. The van der Waals surface area contributed by atoms with Gasteiger partial charge in [-0.3, -0.25) is 0 Å². The number of hydrogen-bond acceptors (Lipinski definition) is 5. The van der Waals surface area contributed by atoms with Crippen molar-refractivity contribution in [1.29, 1.82) is 0 Å². The van der Waals surface area contributed by atoms with Crippen molar-refractivity contribution in [2.24, 2.45) is 0 Å². The van der Waals surface area contributed by atoms with Gasteiger partial charge in [-0.05, 0) is 58.1 Å². The molecular formula is C45H29N3OS. The molecule has 4 nitrogen and oxygen atoms in total. The van der Waals surface area contributed by atoms with Gasteiger partial charge in [-0.25, -0.2) is 15.0 Å². The van der Waals surface area contributed by atoms with E-state index >= 15 is 0 Å². The second kappa shape index (κ2) is 11.8. The van der Waals surface area contributed by atoms with Gasteiger partial charge in [0, 0.05) is 43.5 Å². The summed E-state index contributed by atoms with van der Waals surface area (Å²) in [6.07, 6.45) is 6.65. The highest BCUT2D eigenvalue weighted by Crippen LogP contribution is 2.52. The van der Waals surface area contributed by atoms with Crippen molar-refractivity contribution >= 4 is 39.3 Å². The third kappa shape index (κ3) is 4.89. The molecule has 50 heavy (non-hydrogen) atoms. The zero-order valence-electron chi connectivity index (χ0n) is 26.9. The molecule has 6 aromatic carbocycles. The smallest absolute Gasteiger partial charge is 0.164 e. The Kier molecular flexibility index (Phi) is 6.84. The largest absolute Gasteiger partial charge is 0.456 e. The minimum Gasteiger partial charge on any atom is -0.456 e. The fourth-order valence-electron chi connectivity index (χ4n) is 7.33. The Morgan fingerprint density at radius 3 is 2.06 bits per heavy atom. The highest BCUT2D eigenvalue weighted by Gasteiger charge is 2.37. The summed E-state index contributed by atoms with van der Waals surface area (Å²) < 4.78 is 6.45. The van der Waals surface area contributed by atoms with E-state index in [0.29, 0.717) is 17.5 Å². The highest BCUT2D eigenvalue weighted by atomic mass is 32.2. The average Bonchev–Trinajstić information content (AvgIpc) is 3.77. The van der Waals surface area contributed by atoms with Crippen LogP contribution in [0.4, 0.5) is 0 Å². The summed E-state index contributed by atoms with van der Waals surface area (Å²) in [7, 11) is 0. The van der Waals surface area contributed by atoms with Crippen molar-refractivity contribution in [2.45, 2.75) is 16.1 Å². The second-order valence-electron chi connectivity index (χ2n) is 12.7. The fourth-order valence-corrected chi connectivity index (χ4v) is 8.79. The first kappa shape index (κ1) is 28.9. The van der Waals surface area contributed by atoms with Crippen molar-refractivity contribution in [2.75, 3.05) is 0 Å². The Morgan fingerprint density at radius 1 is 0.520 bits per heavy atom. The Bertz CT molecular complexity index is 2640. The van der Waals surface area contributed by atoms with Gasteiger partial charge >= 0.3 is 0 Å². The Morgan fingerprint density at radius 2 is 1.20 bits per heavy atom. The third-order valence-corrected chi connectivity index (χ3v) is 11.1. The average molecular weight is 660 g/mol. The first-order valence-corrected chi connectivity index (χ1v) is 17.7. The van der Waals surface area contributed by atoms with E-state index < -0.39 is 0 Å². The van der Waals surface area contributed by atoms with Gasteiger partial charge < -0.3 is 4.42 Å². The van der Waals surface area contributed by atoms with E-state index in [1.54, 1.807) is 0 Å². The number of rotatable bonds is 5. The highest BCUT2D eigenvalue weighted by molar-refractivity contribution is 8.00. The lowest BCUT2D eigenvalue weighted by atomic mass is 9.88. The van der Waals surface area contributed by atoms with Crippen molar-refractivity contribution in [3.63, 3.8) is 0 Å². The zero-order valence-corrected chi connectivity index (χ0v) is 27.7. The molecule has 10 rings (SSSR count). The molecule has 0 amide bonds. The van der Waals surface area contributed by atoms with Gasteiger partial charge in [-0.2, -0.15) is 0 Å². The van der Waals surface area contributed by atoms with Crippen LogP contribution in [0.1, 0.15) is 17.3 Å². The molecule has 0 fully saturated rings. The molecule has 2 aromatic heterocycles. The van der Waals surface area contributed by atoms with Crippen LogP contribution >= 0.6 is 11.8 Å². The molecule has 2 atom stereocenters. The Hall–Kier alpha value is -6.04. The molecule has 236 valence electrons. The molecule has 0 radical (unpaired) electrons. The zero-order chi connectivity index (χ0) is 33.0. The predicted octanol–water partition coefficient (Wildman–Crippen LogP) is 11.7. The molecule has 2 aliphatic rings. The van der Waals surface area contributed by atoms with Crippen molar-refractivity contribution in [1.82, 2.24) is 15.0 Å². The normalized spacial score (nSPS) is 16.4. The molecule has 8 aromatic rings. The lowest BCUT2D eigenvalue weighted by Crippen LogP contribution is -2.16. The van der Waals surface area contributed by atoms with Crippen LogP contribution < -0.4 is 0 Å². The second-order valence-corrected chi connectivity index (χ2v) is 13.9. The Labute approximate surface area is 293 Å². The molecule has 2 unspecified atom stereocenters. The van der Waals surface area contributed by atoms with Crippen LogP contribution in [0.5, 0.6) is 0 Å². The summed E-state index contributed by atoms with van der Waals surface area (Å²) >= 11 is 1.90. The third-order valence-electron chi connectivity index (χ3n) is 9.70. The first-order chi connectivity index (χ1) is 24.8. The number of thioether (sulfide) groups is 1.